The lowest BCUT2D eigenvalue weighted by atomic mass is 10.1. The second kappa shape index (κ2) is 5.81. The smallest absolute Gasteiger partial charge is 0.206 e. The third-order valence-electron chi connectivity index (χ3n) is 3.50. The number of rotatable bonds is 3. The summed E-state index contributed by atoms with van der Waals surface area (Å²) in [6.45, 7) is 0. The average Bonchev–Trinajstić information content (AvgIpc) is 2.59. The molecule has 3 aromatic carbocycles. The van der Waals surface area contributed by atoms with Crippen molar-refractivity contribution in [3.8, 4) is 34.1 Å². The van der Waals surface area contributed by atoms with Crippen LogP contribution < -0.4 is 5.32 Å². The summed E-state index contributed by atoms with van der Waals surface area (Å²) in [5.74, 6) is -2.59. The maximum Gasteiger partial charge on any atom is 0.206 e. The number of anilines is 2. The van der Waals surface area contributed by atoms with Crippen molar-refractivity contribution in [3.05, 3.63) is 60.7 Å². The molecule has 0 aliphatic carbocycles. The van der Waals surface area contributed by atoms with Gasteiger partial charge in [0.2, 0.25) is 11.5 Å². The number of nitrogens with one attached hydrogen (secondary N) is 1. The summed E-state index contributed by atoms with van der Waals surface area (Å²) in [6.07, 6.45) is 0. The first-order valence-corrected chi connectivity index (χ1v) is 6.95. The lowest BCUT2D eigenvalue weighted by molar-refractivity contribution is 0.347. The van der Waals surface area contributed by atoms with Gasteiger partial charge in [0.15, 0.2) is 11.5 Å². The van der Waals surface area contributed by atoms with Gasteiger partial charge in [0.1, 0.15) is 0 Å². The van der Waals surface area contributed by atoms with E-state index in [2.05, 4.69) is 5.32 Å². The molecule has 0 saturated carbocycles. The molecule has 0 spiro atoms. The summed E-state index contributed by atoms with van der Waals surface area (Å²) in [6, 6.07) is 18.5. The molecular formula is C18H15NO4. The van der Waals surface area contributed by atoms with E-state index in [9.17, 15) is 20.4 Å². The van der Waals surface area contributed by atoms with E-state index >= 15 is 0 Å². The van der Waals surface area contributed by atoms with E-state index in [0.717, 1.165) is 17.2 Å². The van der Waals surface area contributed by atoms with Gasteiger partial charge < -0.3 is 25.7 Å². The van der Waals surface area contributed by atoms with E-state index in [4.69, 9.17) is 0 Å². The number of hydrogen-bond acceptors (Lipinski definition) is 5. The van der Waals surface area contributed by atoms with Gasteiger partial charge in [0.05, 0.1) is 5.69 Å². The monoisotopic (exact) mass is 309 g/mol. The molecule has 3 rings (SSSR count). The zero-order chi connectivity index (χ0) is 16.4. The molecule has 0 amide bonds. The highest BCUT2D eigenvalue weighted by Gasteiger charge is 2.16. The Morgan fingerprint density at radius 2 is 1.22 bits per heavy atom. The molecule has 5 nitrogen and oxygen atoms in total. The zero-order valence-corrected chi connectivity index (χ0v) is 12.1. The number of phenolic OH excluding ortho intramolecular Hbond substituents is 4. The van der Waals surface area contributed by atoms with Crippen molar-refractivity contribution in [2.45, 2.75) is 0 Å². The molecule has 5 N–H and O–H groups in total. The fourth-order valence-electron chi connectivity index (χ4n) is 2.26. The zero-order valence-electron chi connectivity index (χ0n) is 12.1. The van der Waals surface area contributed by atoms with Gasteiger partial charge in [0.25, 0.3) is 0 Å². The first-order valence-electron chi connectivity index (χ1n) is 6.95. The molecule has 0 heterocycles. The third kappa shape index (κ3) is 2.85. The molecule has 0 aliphatic rings. The highest BCUT2D eigenvalue weighted by atomic mass is 16.3. The van der Waals surface area contributed by atoms with Crippen LogP contribution in [-0.2, 0) is 0 Å². The van der Waals surface area contributed by atoms with Crippen molar-refractivity contribution in [2.24, 2.45) is 0 Å². The van der Waals surface area contributed by atoms with Crippen molar-refractivity contribution < 1.29 is 20.4 Å². The van der Waals surface area contributed by atoms with E-state index in [0.29, 0.717) is 5.69 Å². The molecule has 0 saturated heterocycles. The normalized spacial score (nSPS) is 10.4. The molecule has 23 heavy (non-hydrogen) atoms. The molecule has 0 unspecified atom stereocenters. The minimum Gasteiger partial charge on any atom is -0.504 e. The van der Waals surface area contributed by atoms with Gasteiger partial charge in [-0.1, -0.05) is 42.5 Å². The van der Waals surface area contributed by atoms with Crippen LogP contribution in [0.2, 0.25) is 0 Å². The Morgan fingerprint density at radius 3 is 1.87 bits per heavy atom. The van der Waals surface area contributed by atoms with Crippen LogP contribution in [0.1, 0.15) is 0 Å². The fourth-order valence-corrected chi connectivity index (χ4v) is 2.26. The first kappa shape index (κ1) is 14.6. The van der Waals surface area contributed by atoms with Gasteiger partial charge >= 0.3 is 0 Å². The minimum atomic E-state index is -0.770. The van der Waals surface area contributed by atoms with Gasteiger partial charge in [0, 0.05) is 11.8 Å². The standard InChI is InChI=1S/C18H15NO4/c20-15-10-14(16(21)18(23)17(15)22)19-13-8-6-12(7-9-13)11-4-2-1-3-5-11/h1-10,19-23H. The van der Waals surface area contributed by atoms with Crippen molar-refractivity contribution in [3.63, 3.8) is 0 Å². The average molecular weight is 309 g/mol. The van der Waals surface area contributed by atoms with E-state index in [1.54, 1.807) is 0 Å². The highest BCUT2D eigenvalue weighted by Crippen LogP contribution is 2.47. The van der Waals surface area contributed by atoms with Crippen LogP contribution in [0.3, 0.4) is 0 Å². The van der Waals surface area contributed by atoms with Crippen LogP contribution in [0.4, 0.5) is 11.4 Å². The molecule has 0 bridgehead atoms. The predicted molar refractivity (Wildman–Crippen MR) is 88.3 cm³/mol. The minimum absolute atomic E-state index is 0.0882. The second-order valence-electron chi connectivity index (χ2n) is 5.06. The Kier molecular flexibility index (Phi) is 3.68. The largest absolute Gasteiger partial charge is 0.504 e. The van der Waals surface area contributed by atoms with E-state index in [-0.39, 0.29) is 5.69 Å². The molecule has 5 heteroatoms. The molecular weight excluding hydrogens is 294 g/mol. The van der Waals surface area contributed by atoms with Gasteiger partial charge in [-0.25, -0.2) is 0 Å². The van der Waals surface area contributed by atoms with Gasteiger partial charge in [-0.2, -0.15) is 0 Å². The molecule has 0 aliphatic heterocycles. The Bertz CT molecular complexity index is 830. The van der Waals surface area contributed by atoms with E-state index in [1.165, 1.54) is 0 Å². The van der Waals surface area contributed by atoms with Crippen molar-refractivity contribution in [1.29, 1.82) is 0 Å². The lowest BCUT2D eigenvalue weighted by Crippen LogP contribution is -1.91. The quantitative estimate of drug-likeness (QED) is 0.373. The van der Waals surface area contributed by atoms with Crippen molar-refractivity contribution in [1.82, 2.24) is 0 Å². The maximum absolute atomic E-state index is 9.81. The summed E-state index contributed by atoms with van der Waals surface area (Å²) >= 11 is 0. The van der Waals surface area contributed by atoms with Crippen LogP contribution in [-0.4, -0.2) is 20.4 Å². The number of aromatic hydroxyl groups is 4. The summed E-state index contributed by atoms with van der Waals surface area (Å²) in [5.41, 5.74) is 2.87. The number of benzene rings is 3. The Labute approximate surface area is 132 Å². The SMILES string of the molecule is Oc1cc(Nc2ccc(-c3ccccc3)cc2)c(O)c(O)c1O. The summed E-state index contributed by atoms with van der Waals surface area (Å²) < 4.78 is 0. The maximum atomic E-state index is 9.81. The number of phenols is 4. The van der Waals surface area contributed by atoms with Gasteiger partial charge in [-0.3, -0.25) is 0 Å². The van der Waals surface area contributed by atoms with E-state index in [1.807, 2.05) is 54.6 Å². The van der Waals surface area contributed by atoms with Crippen molar-refractivity contribution in [2.75, 3.05) is 5.32 Å². The highest BCUT2D eigenvalue weighted by molar-refractivity contribution is 5.76. The van der Waals surface area contributed by atoms with Crippen LogP contribution in [0.25, 0.3) is 11.1 Å². The van der Waals surface area contributed by atoms with Crippen LogP contribution in [0, 0.1) is 0 Å². The van der Waals surface area contributed by atoms with Crippen molar-refractivity contribution >= 4 is 11.4 Å². The van der Waals surface area contributed by atoms with Gasteiger partial charge in [-0.15, -0.1) is 0 Å². The number of hydrogen-bond donors (Lipinski definition) is 5. The molecule has 116 valence electrons. The fraction of sp³-hybridized carbons (Fsp3) is 0. The molecule has 0 aromatic heterocycles. The Morgan fingerprint density at radius 1 is 0.609 bits per heavy atom. The first-order chi connectivity index (χ1) is 11.1. The summed E-state index contributed by atoms with van der Waals surface area (Å²) in [7, 11) is 0. The van der Waals surface area contributed by atoms with Crippen LogP contribution >= 0.6 is 0 Å². The predicted octanol–water partition coefficient (Wildman–Crippen LogP) is 3.92. The molecule has 0 fully saturated rings. The molecule has 0 atom stereocenters. The molecule has 0 radical (unpaired) electrons. The van der Waals surface area contributed by atoms with Crippen LogP contribution in [0.5, 0.6) is 23.0 Å². The Hall–Kier alpha value is -3.34. The second-order valence-corrected chi connectivity index (χ2v) is 5.06. The van der Waals surface area contributed by atoms with Crippen LogP contribution in [0.15, 0.2) is 60.7 Å². The molecule has 3 aromatic rings. The summed E-state index contributed by atoms with van der Waals surface area (Å²) in [5, 5.41) is 41.1. The lowest BCUT2D eigenvalue weighted by Gasteiger charge is -2.12. The topological polar surface area (TPSA) is 93.0 Å². The Balaban J connectivity index is 1.87. The van der Waals surface area contributed by atoms with E-state index < -0.39 is 23.0 Å². The summed E-state index contributed by atoms with van der Waals surface area (Å²) in [4.78, 5) is 0. The third-order valence-corrected chi connectivity index (χ3v) is 3.50. The van der Waals surface area contributed by atoms with Gasteiger partial charge in [-0.05, 0) is 23.3 Å².